The van der Waals surface area contributed by atoms with Gasteiger partial charge < -0.3 is 15.8 Å². The number of nitriles is 1. The number of amides is 1. The number of hydrogen-bond acceptors (Lipinski definition) is 5. The topological polar surface area (TPSA) is 105 Å². The van der Waals surface area contributed by atoms with Gasteiger partial charge in [-0.15, -0.1) is 0 Å². The molecule has 2 aromatic carbocycles. The number of nitrogens with two attached hydrogens (primary N) is 1. The van der Waals surface area contributed by atoms with Gasteiger partial charge in [0.1, 0.15) is 12.4 Å². The smallest absolute Gasteiger partial charge is 0.219 e. The summed E-state index contributed by atoms with van der Waals surface area (Å²) in [5.41, 5.74) is 6.06. The van der Waals surface area contributed by atoms with Crippen LogP contribution in [0.4, 0.5) is 15.8 Å². The predicted molar refractivity (Wildman–Crippen MR) is 103 cm³/mol. The highest BCUT2D eigenvalue weighted by molar-refractivity contribution is 14.1. The zero-order valence-electron chi connectivity index (χ0n) is 13.6. The number of primary amides is 1. The van der Waals surface area contributed by atoms with Crippen molar-refractivity contribution in [3.05, 3.63) is 56.9 Å². The van der Waals surface area contributed by atoms with E-state index < -0.39 is 11.7 Å². The number of nitrogens with one attached hydrogen (secondary N) is 1. The number of rotatable bonds is 8. The number of nitrogens with zero attached hydrogens (tertiary/aromatic N) is 1. The van der Waals surface area contributed by atoms with E-state index in [1.807, 2.05) is 28.7 Å². The zero-order valence-corrected chi connectivity index (χ0v) is 15.7. The molecule has 0 unspecified atom stereocenters. The lowest BCUT2D eigenvalue weighted by Gasteiger charge is -2.13. The molecular weight excluding hydrogens is 452 g/mol. The minimum absolute atomic E-state index is 0.0135. The Kier molecular flexibility index (Phi) is 7.06. The van der Waals surface area contributed by atoms with Crippen LogP contribution in [-0.2, 0) is 9.53 Å². The van der Waals surface area contributed by atoms with Crippen molar-refractivity contribution in [3.63, 3.8) is 0 Å². The molecule has 0 spiro atoms. The molecule has 2 rings (SSSR count). The van der Waals surface area contributed by atoms with Crippen LogP contribution in [0.3, 0.4) is 0 Å². The Bertz CT molecular complexity index is 880. The van der Waals surface area contributed by atoms with E-state index in [4.69, 9.17) is 15.7 Å². The second kappa shape index (κ2) is 9.26. The summed E-state index contributed by atoms with van der Waals surface area (Å²) in [5.74, 6) is -1.37. The normalized spacial score (nSPS) is 10.2. The molecule has 6 nitrogen and oxygen atoms in total. The van der Waals surface area contributed by atoms with Crippen LogP contribution < -0.4 is 11.1 Å². The first-order valence-electron chi connectivity index (χ1n) is 7.56. The van der Waals surface area contributed by atoms with E-state index in [0.29, 0.717) is 11.3 Å². The number of carbonyl (C=O) groups is 2. The van der Waals surface area contributed by atoms with Crippen molar-refractivity contribution in [3.8, 4) is 6.07 Å². The summed E-state index contributed by atoms with van der Waals surface area (Å²) in [6.45, 7) is -0.227. The maximum absolute atomic E-state index is 14.1. The van der Waals surface area contributed by atoms with Crippen LogP contribution in [0.25, 0.3) is 0 Å². The van der Waals surface area contributed by atoms with Gasteiger partial charge in [-0.3, -0.25) is 9.59 Å². The summed E-state index contributed by atoms with van der Waals surface area (Å²) in [6, 6.07) is 11.0. The van der Waals surface area contributed by atoms with E-state index in [9.17, 15) is 14.0 Å². The van der Waals surface area contributed by atoms with E-state index in [1.54, 1.807) is 12.1 Å². The molecule has 134 valence electrons. The van der Waals surface area contributed by atoms with Crippen LogP contribution >= 0.6 is 22.6 Å². The molecule has 0 aliphatic carbocycles. The molecule has 0 saturated carbocycles. The van der Waals surface area contributed by atoms with Gasteiger partial charge >= 0.3 is 0 Å². The molecule has 0 atom stereocenters. The largest absolute Gasteiger partial charge is 0.373 e. The molecule has 0 aromatic heterocycles. The second-order valence-electron chi connectivity index (χ2n) is 5.31. The number of hydrogen-bond donors (Lipinski definition) is 2. The van der Waals surface area contributed by atoms with Gasteiger partial charge in [0.15, 0.2) is 5.78 Å². The molecule has 0 fully saturated rings. The van der Waals surface area contributed by atoms with Gasteiger partial charge in [0.2, 0.25) is 5.91 Å². The van der Waals surface area contributed by atoms with Crippen LogP contribution in [0.1, 0.15) is 22.3 Å². The van der Waals surface area contributed by atoms with Crippen LogP contribution in [0.15, 0.2) is 36.4 Å². The molecule has 0 heterocycles. The van der Waals surface area contributed by atoms with Gasteiger partial charge in [-0.1, -0.05) is 0 Å². The van der Waals surface area contributed by atoms with Crippen molar-refractivity contribution >= 4 is 45.7 Å². The molecular formula is C18H15FIN3O3. The molecule has 0 saturated heterocycles. The number of benzene rings is 2. The molecule has 8 heteroatoms. The number of carbonyl (C=O) groups excluding carboxylic acids is 2. The van der Waals surface area contributed by atoms with E-state index in [2.05, 4.69) is 5.32 Å². The summed E-state index contributed by atoms with van der Waals surface area (Å²) < 4.78 is 20.0. The standard InChI is InChI=1S/C18H15FIN3O3/c19-14-8-12(20)2-4-15(14)23-16-7-11(9-21)1-3-13(16)17(24)10-26-6-5-18(22)25/h1-4,7-8,23H,5-6,10H2,(H2,22,25). The van der Waals surface area contributed by atoms with Crippen molar-refractivity contribution < 1.29 is 18.7 Å². The van der Waals surface area contributed by atoms with Crippen molar-refractivity contribution in [2.24, 2.45) is 5.73 Å². The minimum atomic E-state index is -0.521. The van der Waals surface area contributed by atoms with Crippen molar-refractivity contribution in [2.75, 3.05) is 18.5 Å². The van der Waals surface area contributed by atoms with Crippen molar-refractivity contribution in [2.45, 2.75) is 6.42 Å². The average molecular weight is 467 g/mol. The monoisotopic (exact) mass is 467 g/mol. The lowest BCUT2D eigenvalue weighted by Crippen LogP contribution is -2.17. The van der Waals surface area contributed by atoms with Gasteiger partial charge in [-0.25, -0.2) is 4.39 Å². The quantitative estimate of drug-likeness (QED) is 0.353. The lowest BCUT2D eigenvalue weighted by atomic mass is 10.1. The Labute approximate surface area is 163 Å². The van der Waals surface area contributed by atoms with Crippen LogP contribution in [-0.4, -0.2) is 24.9 Å². The molecule has 0 radical (unpaired) electrons. The number of halogens is 2. The first-order valence-corrected chi connectivity index (χ1v) is 8.64. The second-order valence-corrected chi connectivity index (χ2v) is 6.56. The Balaban J connectivity index is 2.22. The van der Waals surface area contributed by atoms with Gasteiger partial charge in [-0.2, -0.15) is 5.26 Å². The third kappa shape index (κ3) is 5.50. The summed E-state index contributed by atoms with van der Waals surface area (Å²) in [4.78, 5) is 23.1. The van der Waals surface area contributed by atoms with Crippen LogP contribution in [0.5, 0.6) is 0 Å². The summed E-state index contributed by atoms with van der Waals surface area (Å²) in [5, 5.41) is 11.9. The van der Waals surface area contributed by atoms with Gasteiger partial charge in [0, 0.05) is 15.6 Å². The zero-order chi connectivity index (χ0) is 19.1. The highest BCUT2D eigenvalue weighted by Gasteiger charge is 2.14. The Hall–Kier alpha value is -2.51. The molecule has 26 heavy (non-hydrogen) atoms. The number of anilines is 2. The fourth-order valence-corrected chi connectivity index (χ4v) is 2.56. The third-order valence-electron chi connectivity index (χ3n) is 3.38. The molecule has 0 aliphatic heterocycles. The number of ketones is 1. The molecule has 2 aromatic rings. The van der Waals surface area contributed by atoms with Crippen LogP contribution in [0, 0.1) is 20.7 Å². The molecule has 3 N–H and O–H groups in total. The number of ether oxygens (including phenoxy) is 1. The van der Waals surface area contributed by atoms with Gasteiger partial charge in [-0.05, 0) is 59.0 Å². The maximum atomic E-state index is 14.1. The first-order chi connectivity index (χ1) is 12.4. The fraction of sp³-hybridized carbons (Fsp3) is 0.167. The highest BCUT2D eigenvalue weighted by atomic mass is 127. The third-order valence-corrected chi connectivity index (χ3v) is 4.05. The van der Waals surface area contributed by atoms with Crippen molar-refractivity contribution in [1.29, 1.82) is 5.26 Å². The van der Waals surface area contributed by atoms with E-state index in [-0.39, 0.29) is 36.7 Å². The number of Topliss-reactive ketones (excluding diaryl/α,β-unsaturated/α-hetero) is 1. The molecule has 0 aliphatic rings. The van der Waals surface area contributed by atoms with E-state index in [0.717, 1.165) is 3.57 Å². The Morgan fingerprint density at radius 3 is 2.65 bits per heavy atom. The van der Waals surface area contributed by atoms with Crippen molar-refractivity contribution in [1.82, 2.24) is 0 Å². The van der Waals surface area contributed by atoms with Gasteiger partial charge in [0.05, 0.1) is 29.6 Å². The Morgan fingerprint density at radius 1 is 1.23 bits per heavy atom. The molecule has 0 bridgehead atoms. The fourth-order valence-electron chi connectivity index (χ4n) is 2.11. The first kappa shape index (κ1) is 19.8. The predicted octanol–water partition coefficient (Wildman–Crippen LogP) is 3.12. The lowest BCUT2D eigenvalue weighted by molar-refractivity contribution is -0.119. The molecule has 1 amide bonds. The Morgan fingerprint density at radius 2 is 2.00 bits per heavy atom. The minimum Gasteiger partial charge on any atom is -0.373 e. The summed E-state index contributed by atoms with van der Waals surface area (Å²) in [6.07, 6.45) is 0.0135. The SMILES string of the molecule is N#Cc1ccc(C(=O)COCCC(N)=O)c(Nc2ccc(I)cc2F)c1. The maximum Gasteiger partial charge on any atom is 0.219 e. The highest BCUT2D eigenvalue weighted by Crippen LogP contribution is 2.26. The van der Waals surface area contributed by atoms with Crippen LogP contribution in [0.2, 0.25) is 0 Å². The average Bonchev–Trinajstić information content (AvgIpc) is 2.60. The summed E-state index contributed by atoms with van der Waals surface area (Å²) in [7, 11) is 0. The van der Waals surface area contributed by atoms with Gasteiger partial charge in [0.25, 0.3) is 0 Å². The summed E-state index contributed by atoms with van der Waals surface area (Å²) >= 11 is 1.99. The van der Waals surface area contributed by atoms with E-state index >= 15 is 0 Å². The van der Waals surface area contributed by atoms with E-state index in [1.165, 1.54) is 24.3 Å².